The van der Waals surface area contributed by atoms with E-state index in [1.54, 1.807) is 41.6 Å². The van der Waals surface area contributed by atoms with Crippen molar-refractivity contribution in [2.45, 2.75) is 25.9 Å². The van der Waals surface area contributed by atoms with Gasteiger partial charge in [0.15, 0.2) is 0 Å². The minimum Gasteiger partial charge on any atom is -0.394 e. The Morgan fingerprint density at radius 2 is 2.27 bits per heavy atom. The van der Waals surface area contributed by atoms with Gasteiger partial charge in [0.05, 0.1) is 24.8 Å². The standard InChI is InChI=1S/C16H21N3O2S/c1-3-12(11-20)19(10-13-6-5-9-22-13)16(21)14-7-4-8-18-15(14)17-2/h4-9,12,20H,3,10-11H2,1-2H3,(H,17,18)/t12-/m1/s1. The summed E-state index contributed by atoms with van der Waals surface area (Å²) in [6.07, 6.45) is 2.35. The highest BCUT2D eigenvalue weighted by atomic mass is 32.1. The number of rotatable bonds is 7. The lowest BCUT2D eigenvalue weighted by Gasteiger charge is -2.30. The normalized spacial score (nSPS) is 12.0. The summed E-state index contributed by atoms with van der Waals surface area (Å²) in [6, 6.07) is 7.26. The van der Waals surface area contributed by atoms with Crippen LogP contribution in [0.1, 0.15) is 28.6 Å². The molecule has 0 radical (unpaired) electrons. The number of carbonyl (C=O) groups excluding carboxylic acids is 1. The van der Waals surface area contributed by atoms with Gasteiger partial charge in [-0.1, -0.05) is 13.0 Å². The van der Waals surface area contributed by atoms with Crippen molar-refractivity contribution < 1.29 is 9.90 Å². The fourth-order valence-electron chi connectivity index (χ4n) is 2.32. The number of aromatic nitrogens is 1. The van der Waals surface area contributed by atoms with E-state index in [-0.39, 0.29) is 18.6 Å². The highest BCUT2D eigenvalue weighted by Gasteiger charge is 2.25. The molecule has 22 heavy (non-hydrogen) atoms. The van der Waals surface area contributed by atoms with Crippen molar-refractivity contribution >= 4 is 23.1 Å². The SMILES string of the molecule is CC[C@H](CO)N(Cc1cccs1)C(=O)c1cccnc1NC. The molecule has 2 aromatic rings. The number of pyridine rings is 1. The molecule has 0 spiro atoms. The van der Waals surface area contributed by atoms with Crippen LogP contribution in [-0.2, 0) is 6.54 Å². The van der Waals surface area contributed by atoms with Gasteiger partial charge in [-0.05, 0) is 30.0 Å². The van der Waals surface area contributed by atoms with Crippen molar-refractivity contribution in [2.24, 2.45) is 0 Å². The predicted molar refractivity (Wildman–Crippen MR) is 89.1 cm³/mol. The highest BCUT2D eigenvalue weighted by molar-refractivity contribution is 7.09. The Morgan fingerprint density at radius 1 is 1.45 bits per heavy atom. The number of aliphatic hydroxyl groups is 1. The molecular weight excluding hydrogens is 298 g/mol. The molecule has 0 saturated carbocycles. The van der Waals surface area contributed by atoms with E-state index in [0.29, 0.717) is 24.3 Å². The molecule has 0 aliphatic heterocycles. The maximum Gasteiger partial charge on any atom is 0.258 e. The minimum atomic E-state index is -0.209. The van der Waals surface area contributed by atoms with E-state index < -0.39 is 0 Å². The molecule has 5 nitrogen and oxygen atoms in total. The van der Waals surface area contributed by atoms with Crippen LogP contribution in [-0.4, -0.2) is 40.6 Å². The lowest BCUT2D eigenvalue weighted by Crippen LogP contribution is -2.41. The van der Waals surface area contributed by atoms with Crippen molar-refractivity contribution in [2.75, 3.05) is 19.0 Å². The Labute approximate surface area is 134 Å². The monoisotopic (exact) mass is 319 g/mol. The maximum atomic E-state index is 12.9. The highest BCUT2D eigenvalue weighted by Crippen LogP contribution is 2.21. The lowest BCUT2D eigenvalue weighted by molar-refractivity contribution is 0.0567. The van der Waals surface area contributed by atoms with Gasteiger partial charge in [0, 0.05) is 18.1 Å². The van der Waals surface area contributed by atoms with E-state index in [4.69, 9.17) is 0 Å². The number of anilines is 1. The summed E-state index contributed by atoms with van der Waals surface area (Å²) in [5.74, 6) is 0.434. The van der Waals surface area contributed by atoms with Crippen molar-refractivity contribution in [3.8, 4) is 0 Å². The molecule has 2 N–H and O–H groups in total. The van der Waals surface area contributed by atoms with Gasteiger partial charge in [-0.3, -0.25) is 4.79 Å². The van der Waals surface area contributed by atoms with Crippen molar-refractivity contribution in [1.29, 1.82) is 0 Å². The first-order chi connectivity index (χ1) is 10.7. The predicted octanol–water partition coefficient (Wildman–Crippen LogP) is 2.60. The van der Waals surface area contributed by atoms with Crippen LogP contribution in [0.2, 0.25) is 0 Å². The van der Waals surface area contributed by atoms with Crippen LogP contribution in [0.25, 0.3) is 0 Å². The van der Waals surface area contributed by atoms with Gasteiger partial charge in [-0.25, -0.2) is 4.98 Å². The van der Waals surface area contributed by atoms with Gasteiger partial charge in [0.1, 0.15) is 5.82 Å². The molecule has 1 amide bonds. The number of amides is 1. The topological polar surface area (TPSA) is 65.5 Å². The quantitative estimate of drug-likeness (QED) is 0.823. The third kappa shape index (κ3) is 3.64. The van der Waals surface area contributed by atoms with Gasteiger partial charge < -0.3 is 15.3 Å². The number of carbonyl (C=O) groups is 1. The fraction of sp³-hybridized carbons (Fsp3) is 0.375. The van der Waals surface area contributed by atoms with Crippen molar-refractivity contribution in [3.63, 3.8) is 0 Å². The molecule has 0 bridgehead atoms. The molecule has 118 valence electrons. The van der Waals surface area contributed by atoms with Gasteiger partial charge >= 0.3 is 0 Å². The van der Waals surface area contributed by atoms with Crippen LogP contribution in [0.4, 0.5) is 5.82 Å². The first kappa shape index (κ1) is 16.5. The third-order valence-corrected chi connectivity index (χ3v) is 4.43. The number of hydrogen-bond donors (Lipinski definition) is 2. The molecular formula is C16H21N3O2S. The van der Waals surface area contributed by atoms with Crippen LogP contribution in [0.15, 0.2) is 35.8 Å². The van der Waals surface area contributed by atoms with E-state index in [1.165, 1.54) is 0 Å². The van der Waals surface area contributed by atoms with E-state index in [9.17, 15) is 9.90 Å². The summed E-state index contributed by atoms with van der Waals surface area (Å²) in [5.41, 5.74) is 0.522. The molecule has 2 heterocycles. The summed E-state index contributed by atoms with van der Waals surface area (Å²) in [5, 5.41) is 14.6. The average molecular weight is 319 g/mol. The second-order valence-electron chi connectivity index (χ2n) is 4.91. The lowest BCUT2D eigenvalue weighted by atomic mass is 10.1. The third-order valence-electron chi connectivity index (χ3n) is 3.56. The Bertz CT molecular complexity index is 597. The van der Waals surface area contributed by atoms with E-state index >= 15 is 0 Å². The Kier molecular flexibility index (Phi) is 5.91. The van der Waals surface area contributed by atoms with Crippen LogP contribution in [0.5, 0.6) is 0 Å². The first-order valence-corrected chi connectivity index (χ1v) is 8.16. The summed E-state index contributed by atoms with van der Waals surface area (Å²) >= 11 is 1.61. The van der Waals surface area contributed by atoms with Gasteiger partial charge in [-0.2, -0.15) is 0 Å². The van der Waals surface area contributed by atoms with Gasteiger partial charge in [-0.15, -0.1) is 11.3 Å². The fourth-order valence-corrected chi connectivity index (χ4v) is 3.02. The summed E-state index contributed by atoms with van der Waals surface area (Å²) in [7, 11) is 1.74. The molecule has 0 aromatic carbocycles. The zero-order chi connectivity index (χ0) is 15.9. The first-order valence-electron chi connectivity index (χ1n) is 7.28. The molecule has 6 heteroatoms. The Hall–Kier alpha value is -1.92. The largest absolute Gasteiger partial charge is 0.394 e. The zero-order valence-electron chi connectivity index (χ0n) is 12.8. The average Bonchev–Trinajstić information content (AvgIpc) is 3.07. The molecule has 2 rings (SSSR count). The second-order valence-corrected chi connectivity index (χ2v) is 5.94. The number of nitrogens with one attached hydrogen (secondary N) is 1. The van der Waals surface area contributed by atoms with Gasteiger partial charge in [0.2, 0.25) is 0 Å². The van der Waals surface area contributed by atoms with E-state index in [1.807, 2.05) is 24.4 Å². The molecule has 2 aromatic heterocycles. The van der Waals surface area contributed by atoms with E-state index in [2.05, 4.69) is 10.3 Å². The number of aliphatic hydroxyl groups excluding tert-OH is 1. The van der Waals surface area contributed by atoms with Crippen LogP contribution in [0, 0.1) is 0 Å². The Morgan fingerprint density at radius 3 is 2.86 bits per heavy atom. The van der Waals surface area contributed by atoms with Gasteiger partial charge in [0.25, 0.3) is 5.91 Å². The zero-order valence-corrected chi connectivity index (χ0v) is 13.6. The summed E-state index contributed by atoms with van der Waals surface area (Å²) in [6.45, 7) is 2.41. The summed E-state index contributed by atoms with van der Waals surface area (Å²) in [4.78, 5) is 20.0. The molecule has 0 aliphatic rings. The molecule has 0 saturated heterocycles. The molecule has 0 unspecified atom stereocenters. The number of nitrogens with zero attached hydrogens (tertiary/aromatic N) is 2. The second kappa shape index (κ2) is 7.91. The Balaban J connectivity index is 2.32. The van der Waals surface area contributed by atoms with Crippen molar-refractivity contribution in [3.05, 3.63) is 46.3 Å². The summed E-state index contributed by atoms with van der Waals surface area (Å²) < 4.78 is 0. The smallest absolute Gasteiger partial charge is 0.258 e. The number of hydrogen-bond acceptors (Lipinski definition) is 5. The molecule has 0 aliphatic carbocycles. The van der Waals surface area contributed by atoms with Crippen LogP contribution >= 0.6 is 11.3 Å². The molecule has 1 atom stereocenters. The minimum absolute atomic E-state index is 0.0528. The maximum absolute atomic E-state index is 12.9. The van der Waals surface area contributed by atoms with E-state index in [0.717, 1.165) is 4.88 Å². The van der Waals surface area contributed by atoms with Crippen LogP contribution < -0.4 is 5.32 Å². The van der Waals surface area contributed by atoms with Crippen LogP contribution in [0.3, 0.4) is 0 Å². The van der Waals surface area contributed by atoms with Crippen molar-refractivity contribution in [1.82, 2.24) is 9.88 Å². The molecule has 0 fully saturated rings. The number of thiophene rings is 1.